The van der Waals surface area contributed by atoms with E-state index >= 15 is 0 Å². The van der Waals surface area contributed by atoms with Crippen molar-refractivity contribution >= 4 is 11.8 Å². The number of ether oxygens (including phenoxy) is 3. The SMILES string of the molecule is CSc1cc2c(cc1CNC1(C)CCOC1C)OCCO2. The van der Waals surface area contributed by atoms with Crippen molar-refractivity contribution in [3.8, 4) is 11.5 Å². The Morgan fingerprint density at radius 2 is 1.95 bits per heavy atom. The first kappa shape index (κ1) is 15.0. The summed E-state index contributed by atoms with van der Waals surface area (Å²) in [7, 11) is 0. The van der Waals surface area contributed by atoms with Gasteiger partial charge in [-0.05, 0) is 44.2 Å². The molecule has 21 heavy (non-hydrogen) atoms. The molecule has 2 aliphatic heterocycles. The highest BCUT2D eigenvalue weighted by Gasteiger charge is 2.36. The topological polar surface area (TPSA) is 39.7 Å². The van der Waals surface area contributed by atoms with Crippen LogP contribution in [0.15, 0.2) is 17.0 Å². The van der Waals surface area contributed by atoms with Gasteiger partial charge in [0, 0.05) is 23.6 Å². The summed E-state index contributed by atoms with van der Waals surface area (Å²) >= 11 is 1.74. The highest BCUT2D eigenvalue weighted by Crippen LogP contribution is 2.37. The third kappa shape index (κ3) is 3.00. The number of nitrogens with one attached hydrogen (secondary N) is 1. The Bertz CT molecular complexity index is 522. The third-order valence-electron chi connectivity index (χ3n) is 4.51. The van der Waals surface area contributed by atoms with Gasteiger partial charge in [0.2, 0.25) is 0 Å². The molecule has 116 valence electrons. The van der Waals surface area contributed by atoms with Gasteiger partial charge >= 0.3 is 0 Å². The van der Waals surface area contributed by atoms with Crippen molar-refractivity contribution in [2.24, 2.45) is 0 Å². The quantitative estimate of drug-likeness (QED) is 0.866. The highest BCUT2D eigenvalue weighted by molar-refractivity contribution is 7.98. The molecular weight excluding hydrogens is 286 g/mol. The fourth-order valence-electron chi connectivity index (χ4n) is 2.80. The maximum absolute atomic E-state index is 5.69. The van der Waals surface area contributed by atoms with Crippen molar-refractivity contribution in [1.82, 2.24) is 5.32 Å². The van der Waals surface area contributed by atoms with Gasteiger partial charge in [-0.3, -0.25) is 0 Å². The zero-order valence-corrected chi connectivity index (χ0v) is 13.7. The van der Waals surface area contributed by atoms with E-state index < -0.39 is 0 Å². The predicted octanol–water partition coefficient (Wildman–Crippen LogP) is 2.84. The number of hydrogen-bond acceptors (Lipinski definition) is 5. The Hall–Kier alpha value is -0.910. The van der Waals surface area contributed by atoms with Crippen molar-refractivity contribution in [3.05, 3.63) is 17.7 Å². The van der Waals surface area contributed by atoms with E-state index in [0.717, 1.165) is 31.1 Å². The molecule has 3 rings (SSSR count). The van der Waals surface area contributed by atoms with Crippen LogP contribution in [0.1, 0.15) is 25.8 Å². The van der Waals surface area contributed by atoms with Gasteiger partial charge in [-0.2, -0.15) is 0 Å². The van der Waals surface area contributed by atoms with Crippen LogP contribution in [0.2, 0.25) is 0 Å². The van der Waals surface area contributed by atoms with Gasteiger partial charge in [0.1, 0.15) is 13.2 Å². The molecule has 4 nitrogen and oxygen atoms in total. The Morgan fingerprint density at radius 1 is 1.24 bits per heavy atom. The summed E-state index contributed by atoms with van der Waals surface area (Å²) in [5.74, 6) is 1.72. The lowest BCUT2D eigenvalue weighted by Crippen LogP contribution is -2.47. The Labute approximate surface area is 130 Å². The number of benzene rings is 1. The first-order valence-electron chi connectivity index (χ1n) is 7.45. The molecule has 2 aliphatic rings. The van der Waals surface area contributed by atoms with Crippen molar-refractivity contribution in [2.75, 3.05) is 26.1 Å². The molecule has 2 unspecified atom stereocenters. The van der Waals surface area contributed by atoms with Crippen LogP contribution in [0.25, 0.3) is 0 Å². The van der Waals surface area contributed by atoms with E-state index in [9.17, 15) is 0 Å². The Balaban J connectivity index is 1.78. The number of thioether (sulfide) groups is 1. The van der Waals surface area contributed by atoms with Crippen LogP contribution in [-0.4, -0.2) is 37.7 Å². The fourth-order valence-corrected chi connectivity index (χ4v) is 3.42. The minimum absolute atomic E-state index is 0.0446. The van der Waals surface area contributed by atoms with E-state index in [1.54, 1.807) is 11.8 Å². The molecular formula is C16H23NO3S. The van der Waals surface area contributed by atoms with Gasteiger partial charge in [0.05, 0.1) is 6.10 Å². The second kappa shape index (κ2) is 6.07. The van der Waals surface area contributed by atoms with Gasteiger partial charge in [0.25, 0.3) is 0 Å². The number of hydrogen-bond donors (Lipinski definition) is 1. The standard InChI is InChI=1S/C16H23NO3S/c1-11-16(2,4-5-18-11)17-10-12-8-13-14(9-15(12)21-3)20-7-6-19-13/h8-9,11,17H,4-7,10H2,1-3H3. The molecule has 2 heterocycles. The van der Waals surface area contributed by atoms with E-state index in [0.29, 0.717) is 13.2 Å². The third-order valence-corrected chi connectivity index (χ3v) is 5.33. The zero-order valence-electron chi connectivity index (χ0n) is 12.9. The Morgan fingerprint density at radius 3 is 2.57 bits per heavy atom. The molecule has 1 aromatic rings. The molecule has 0 bridgehead atoms. The first-order chi connectivity index (χ1) is 10.1. The molecule has 0 aromatic heterocycles. The Kier molecular flexibility index (Phi) is 4.33. The molecule has 5 heteroatoms. The van der Waals surface area contributed by atoms with E-state index in [1.807, 2.05) is 0 Å². The highest BCUT2D eigenvalue weighted by atomic mass is 32.2. The van der Waals surface area contributed by atoms with Gasteiger partial charge < -0.3 is 19.5 Å². The second-order valence-electron chi connectivity index (χ2n) is 5.84. The molecule has 2 atom stereocenters. The smallest absolute Gasteiger partial charge is 0.162 e. The first-order valence-corrected chi connectivity index (χ1v) is 8.68. The van der Waals surface area contributed by atoms with Crippen LogP contribution < -0.4 is 14.8 Å². The van der Waals surface area contributed by atoms with Crippen LogP contribution in [-0.2, 0) is 11.3 Å². The van der Waals surface area contributed by atoms with E-state index in [2.05, 4.69) is 37.6 Å². The molecule has 0 spiro atoms. The largest absolute Gasteiger partial charge is 0.486 e. The summed E-state index contributed by atoms with van der Waals surface area (Å²) in [5.41, 5.74) is 1.30. The summed E-state index contributed by atoms with van der Waals surface area (Å²) in [5, 5.41) is 3.67. The number of fused-ring (bicyclic) bond motifs is 1. The van der Waals surface area contributed by atoms with E-state index in [-0.39, 0.29) is 11.6 Å². The summed E-state index contributed by atoms with van der Waals surface area (Å²) in [6.07, 6.45) is 3.39. The summed E-state index contributed by atoms with van der Waals surface area (Å²) in [4.78, 5) is 1.24. The minimum Gasteiger partial charge on any atom is -0.486 e. The second-order valence-corrected chi connectivity index (χ2v) is 6.69. The molecule has 0 aliphatic carbocycles. The molecule has 1 N–H and O–H groups in total. The van der Waals surface area contributed by atoms with Crippen LogP contribution in [0, 0.1) is 0 Å². The summed E-state index contributed by atoms with van der Waals surface area (Å²) < 4.78 is 17.0. The predicted molar refractivity (Wildman–Crippen MR) is 84.5 cm³/mol. The maximum atomic E-state index is 5.69. The zero-order chi connectivity index (χ0) is 14.9. The van der Waals surface area contributed by atoms with Gasteiger partial charge in [-0.15, -0.1) is 11.8 Å². The van der Waals surface area contributed by atoms with Crippen molar-refractivity contribution in [3.63, 3.8) is 0 Å². The van der Waals surface area contributed by atoms with Gasteiger partial charge in [0.15, 0.2) is 11.5 Å². The molecule has 1 fully saturated rings. The molecule has 0 radical (unpaired) electrons. The normalized spacial score (nSPS) is 27.9. The van der Waals surface area contributed by atoms with Crippen molar-refractivity contribution < 1.29 is 14.2 Å². The van der Waals surface area contributed by atoms with E-state index in [1.165, 1.54) is 10.5 Å². The van der Waals surface area contributed by atoms with Gasteiger partial charge in [-0.1, -0.05) is 0 Å². The molecule has 0 saturated carbocycles. The lowest BCUT2D eigenvalue weighted by molar-refractivity contribution is 0.0880. The average Bonchev–Trinajstić information content (AvgIpc) is 2.84. The lowest BCUT2D eigenvalue weighted by Gasteiger charge is -2.30. The molecule has 1 saturated heterocycles. The number of rotatable bonds is 4. The van der Waals surface area contributed by atoms with Crippen molar-refractivity contribution in [1.29, 1.82) is 0 Å². The minimum atomic E-state index is 0.0446. The van der Waals surface area contributed by atoms with Crippen LogP contribution in [0.4, 0.5) is 0 Å². The monoisotopic (exact) mass is 309 g/mol. The van der Waals surface area contributed by atoms with Crippen LogP contribution in [0.5, 0.6) is 11.5 Å². The summed E-state index contributed by atoms with van der Waals surface area (Å²) in [6.45, 7) is 7.28. The molecule has 0 amide bonds. The fraction of sp³-hybridized carbons (Fsp3) is 0.625. The lowest BCUT2D eigenvalue weighted by atomic mass is 9.94. The summed E-state index contributed by atoms with van der Waals surface area (Å²) in [6, 6.07) is 4.20. The molecule has 1 aromatic carbocycles. The average molecular weight is 309 g/mol. The van der Waals surface area contributed by atoms with Crippen molar-refractivity contribution in [2.45, 2.75) is 43.4 Å². The van der Waals surface area contributed by atoms with Gasteiger partial charge in [-0.25, -0.2) is 0 Å². The maximum Gasteiger partial charge on any atom is 0.162 e. The van der Waals surface area contributed by atoms with E-state index in [4.69, 9.17) is 14.2 Å². The van der Waals surface area contributed by atoms with Crippen LogP contribution in [0.3, 0.4) is 0 Å². The van der Waals surface area contributed by atoms with Crippen LogP contribution >= 0.6 is 11.8 Å².